The number of hydrogen-bond acceptors (Lipinski definition) is 3. The summed E-state index contributed by atoms with van der Waals surface area (Å²) in [4.78, 5) is 4.43. The average Bonchev–Trinajstić information content (AvgIpc) is 2.33. The van der Waals surface area contributed by atoms with Crippen LogP contribution in [0.1, 0.15) is 11.1 Å². The van der Waals surface area contributed by atoms with E-state index < -0.39 is 0 Å². The van der Waals surface area contributed by atoms with Crippen molar-refractivity contribution in [2.24, 2.45) is 5.73 Å². The summed E-state index contributed by atoms with van der Waals surface area (Å²) < 4.78 is 6.76. The Hall–Kier alpha value is -1.46. The molecule has 2 N–H and O–H groups in total. The zero-order chi connectivity index (χ0) is 13.1. The summed E-state index contributed by atoms with van der Waals surface area (Å²) in [7, 11) is 0. The fourth-order valence-electron chi connectivity index (χ4n) is 1.49. The smallest absolute Gasteiger partial charge is 0.229 e. The van der Waals surface area contributed by atoms with Crippen LogP contribution in [0.2, 0.25) is 0 Å². The van der Waals surface area contributed by atoms with Gasteiger partial charge in [-0.05, 0) is 42.8 Å². The maximum Gasteiger partial charge on any atom is 0.229 e. The molecule has 1 heterocycles. The lowest BCUT2D eigenvalue weighted by atomic mass is 10.2. The lowest BCUT2D eigenvalue weighted by molar-refractivity contribution is 0.458. The normalized spacial score (nSPS) is 10.1. The maximum absolute atomic E-state index is 5.76. The number of nitrogens with two attached hydrogens (primary N) is 1. The second kappa shape index (κ2) is 5.46. The molecule has 18 heavy (non-hydrogen) atoms. The highest BCUT2D eigenvalue weighted by Gasteiger charge is 2.09. The van der Waals surface area contributed by atoms with Crippen molar-refractivity contribution in [1.29, 1.82) is 0 Å². The lowest BCUT2D eigenvalue weighted by Gasteiger charge is -2.10. The average molecular weight is 323 g/mol. The summed E-state index contributed by atoms with van der Waals surface area (Å²) in [5.41, 5.74) is 7.27. The largest absolute Gasteiger partial charge is 0.438 e. The molecule has 0 radical (unpaired) electrons. The number of aromatic nitrogens is 1. The second-order valence-corrected chi connectivity index (χ2v) is 5.09. The Bertz CT molecular complexity index is 601. The summed E-state index contributed by atoms with van der Waals surface area (Å²) in [6.45, 7) is 1.96. The maximum atomic E-state index is 5.76. The van der Waals surface area contributed by atoms with Crippen LogP contribution in [0.15, 0.2) is 41.0 Å². The van der Waals surface area contributed by atoms with E-state index in [1.54, 1.807) is 18.3 Å². The fourth-order valence-corrected chi connectivity index (χ4v) is 2.12. The molecule has 0 aliphatic rings. The van der Waals surface area contributed by atoms with Crippen LogP contribution in [0.3, 0.4) is 0 Å². The number of benzene rings is 1. The molecule has 0 unspecified atom stereocenters. The van der Waals surface area contributed by atoms with Gasteiger partial charge in [0.1, 0.15) is 10.7 Å². The van der Waals surface area contributed by atoms with Gasteiger partial charge in [0.2, 0.25) is 5.88 Å². The summed E-state index contributed by atoms with van der Waals surface area (Å²) in [6.07, 6.45) is 1.64. The number of rotatable bonds is 3. The standard InChI is InChI=1S/C13H11BrN2OS/c1-8-7-9(14)4-5-11(8)17-13-10(12(15)18)3-2-6-16-13/h2-7H,1H3,(H2,15,18). The SMILES string of the molecule is Cc1cc(Br)ccc1Oc1ncccc1C(N)=S. The molecule has 92 valence electrons. The van der Waals surface area contributed by atoms with E-state index in [1.165, 1.54) is 0 Å². The number of thiocarbonyl (C=S) groups is 1. The summed E-state index contributed by atoms with van der Waals surface area (Å²) in [5, 5.41) is 0. The third kappa shape index (κ3) is 2.86. The highest BCUT2D eigenvalue weighted by Crippen LogP contribution is 2.28. The molecular weight excluding hydrogens is 312 g/mol. The van der Waals surface area contributed by atoms with Crippen LogP contribution in [0.5, 0.6) is 11.6 Å². The number of ether oxygens (including phenoxy) is 1. The molecule has 2 rings (SSSR count). The third-order valence-corrected chi connectivity index (χ3v) is 3.09. The molecule has 1 aromatic heterocycles. The van der Waals surface area contributed by atoms with Crippen LogP contribution < -0.4 is 10.5 Å². The van der Waals surface area contributed by atoms with Gasteiger partial charge < -0.3 is 10.5 Å². The third-order valence-electron chi connectivity index (χ3n) is 2.38. The Morgan fingerprint density at radius 1 is 1.39 bits per heavy atom. The van der Waals surface area contributed by atoms with Crippen molar-refractivity contribution in [1.82, 2.24) is 4.98 Å². The molecule has 0 saturated carbocycles. The molecule has 0 spiro atoms. The van der Waals surface area contributed by atoms with E-state index in [-0.39, 0.29) is 4.99 Å². The number of hydrogen-bond donors (Lipinski definition) is 1. The monoisotopic (exact) mass is 322 g/mol. The minimum atomic E-state index is 0.271. The van der Waals surface area contributed by atoms with Crippen LogP contribution >= 0.6 is 28.1 Å². The van der Waals surface area contributed by atoms with Crippen molar-refractivity contribution in [2.45, 2.75) is 6.92 Å². The predicted octanol–water partition coefficient (Wildman–Crippen LogP) is 3.58. The molecule has 0 bridgehead atoms. The zero-order valence-electron chi connectivity index (χ0n) is 9.68. The van der Waals surface area contributed by atoms with Gasteiger partial charge >= 0.3 is 0 Å². The number of halogens is 1. The van der Waals surface area contributed by atoms with Gasteiger partial charge in [0, 0.05) is 10.7 Å². The van der Waals surface area contributed by atoms with Gasteiger partial charge in [-0.3, -0.25) is 0 Å². The van der Waals surface area contributed by atoms with Gasteiger partial charge in [-0.1, -0.05) is 28.1 Å². The van der Waals surface area contributed by atoms with E-state index >= 15 is 0 Å². The Morgan fingerprint density at radius 2 is 2.17 bits per heavy atom. The lowest BCUT2D eigenvalue weighted by Crippen LogP contribution is -2.11. The number of nitrogens with zero attached hydrogens (tertiary/aromatic N) is 1. The van der Waals surface area contributed by atoms with Crippen molar-refractivity contribution >= 4 is 33.1 Å². The minimum absolute atomic E-state index is 0.271. The van der Waals surface area contributed by atoms with Gasteiger partial charge in [0.15, 0.2) is 0 Å². The van der Waals surface area contributed by atoms with Crippen molar-refractivity contribution in [3.05, 3.63) is 52.1 Å². The van der Waals surface area contributed by atoms with Crippen LogP contribution in [-0.4, -0.2) is 9.97 Å². The summed E-state index contributed by atoms with van der Waals surface area (Å²) in [5.74, 6) is 1.16. The second-order valence-electron chi connectivity index (χ2n) is 3.73. The molecule has 0 fully saturated rings. The van der Waals surface area contributed by atoms with E-state index in [0.717, 1.165) is 15.8 Å². The summed E-state index contributed by atoms with van der Waals surface area (Å²) >= 11 is 8.38. The molecular formula is C13H11BrN2OS. The Kier molecular flexibility index (Phi) is 3.93. The van der Waals surface area contributed by atoms with Gasteiger partial charge in [-0.15, -0.1) is 0 Å². The fraction of sp³-hybridized carbons (Fsp3) is 0.0769. The minimum Gasteiger partial charge on any atom is -0.438 e. The van der Waals surface area contributed by atoms with E-state index in [9.17, 15) is 0 Å². The molecule has 2 aromatic rings. The number of aryl methyl sites for hydroxylation is 1. The van der Waals surface area contributed by atoms with E-state index in [2.05, 4.69) is 20.9 Å². The quantitative estimate of drug-likeness (QED) is 0.877. The number of pyridine rings is 1. The first-order valence-electron chi connectivity index (χ1n) is 5.27. The highest BCUT2D eigenvalue weighted by atomic mass is 79.9. The van der Waals surface area contributed by atoms with Crippen molar-refractivity contribution in [2.75, 3.05) is 0 Å². The molecule has 5 heteroatoms. The van der Waals surface area contributed by atoms with Crippen LogP contribution in [0.25, 0.3) is 0 Å². The van der Waals surface area contributed by atoms with Gasteiger partial charge in [0.05, 0.1) is 5.56 Å². The van der Waals surface area contributed by atoms with Crippen molar-refractivity contribution < 1.29 is 4.74 Å². The molecule has 0 atom stereocenters. The predicted molar refractivity (Wildman–Crippen MR) is 79.1 cm³/mol. The van der Waals surface area contributed by atoms with Crippen LogP contribution in [-0.2, 0) is 0 Å². The first-order valence-corrected chi connectivity index (χ1v) is 6.47. The molecule has 3 nitrogen and oxygen atoms in total. The van der Waals surface area contributed by atoms with Gasteiger partial charge in [0.25, 0.3) is 0 Å². The Labute approximate surface area is 119 Å². The van der Waals surface area contributed by atoms with E-state index in [0.29, 0.717) is 11.4 Å². The van der Waals surface area contributed by atoms with Crippen LogP contribution in [0, 0.1) is 6.92 Å². The first-order chi connectivity index (χ1) is 8.58. The van der Waals surface area contributed by atoms with E-state index in [1.807, 2.05) is 25.1 Å². The van der Waals surface area contributed by atoms with Crippen molar-refractivity contribution in [3.63, 3.8) is 0 Å². The van der Waals surface area contributed by atoms with Gasteiger partial charge in [-0.25, -0.2) is 4.98 Å². The van der Waals surface area contributed by atoms with Crippen molar-refractivity contribution in [3.8, 4) is 11.6 Å². The zero-order valence-corrected chi connectivity index (χ0v) is 12.1. The topological polar surface area (TPSA) is 48.1 Å². The van der Waals surface area contributed by atoms with Gasteiger partial charge in [-0.2, -0.15) is 0 Å². The highest BCUT2D eigenvalue weighted by molar-refractivity contribution is 9.10. The Balaban J connectivity index is 2.37. The summed E-state index contributed by atoms with van der Waals surface area (Å²) in [6, 6.07) is 9.32. The first kappa shape index (κ1) is 13.0. The Morgan fingerprint density at radius 3 is 2.83 bits per heavy atom. The molecule has 0 aliphatic heterocycles. The van der Waals surface area contributed by atoms with E-state index in [4.69, 9.17) is 22.7 Å². The van der Waals surface area contributed by atoms with Crippen LogP contribution in [0.4, 0.5) is 0 Å². The molecule has 0 saturated heterocycles. The molecule has 0 amide bonds. The molecule has 0 aliphatic carbocycles. The molecule has 1 aromatic carbocycles.